The number of nitrogens with one attached hydrogen (secondary N) is 1. The van der Waals surface area contributed by atoms with Gasteiger partial charge in [-0.3, -0.25) is 9.59 Å². The number of rotatable bonds is 4. The van der Waals surface area contributed by atoms with Crippen LogP contribution in [-0.2, 0) is 9.59 Å². The Morgan fingerprint density at radius 2 is 1.68 bits per heavy atom. The molecule has 1 saturated heterocycles. The summed E-state index contributed by atoms with van der Waals surface area (Å²) in [6, 6.07) is 15.7. The number of phenolic OH excluding ortho intramolecular Hbond substituents is 1. The fraction of sp³-hybridized carbons (Fsp3) is 0.100. The van der Waals surface area contributed by atoms with Crippen molar-refractivity contribution in [3.8, 4) is 17.0 Å². The predicted molar refractivity (Wildman–Crippen MR) is 106 cm³/mol. The van der Waals surface area contributed by atoms with Crippen molar-refractivity contribution in [3.05, 3.63) is 59.6 Å². The zero-order valence-corrected chi connectivity index (χ0v) is 15.3. The van der Waals surface area contributed by atoms with Crippen LogP contribution in [0.4, 0.5) is 17.5 Å². The SMILES string of the molecule is O=C1CCC(=O)N1c1nc(Nc2ccc(O)c(Cl)c2)cc(-c2ccccc2)n1. The van der Waals surface area contributed by atoms with E-state index in [1.165, 1.54) is 6.07 Å². The lowest BCUT2D eigenvalue weighted by Crippen LogP contribution is -2.30. The van der Waals surface area contributed by atoms with E-state index in [4.69, 9.17) is 11.6 Å². The normalized spacial score (nSPS) is 13.8. The van der Waals surface area contributed by atoms with E-state index in [9.17, 15) is 14.7 Å². The molecule has 28 heavy (non-hydrogen) atoms. The number of halogens is 1. The topological polar surface area (TPSA) is 95.4 Å². The summed E-state index contributed by atoms with van der Waals surface area (Å²) >= 11 is 5.96. The Kier molecular flexibility index (Phi) is 4.67. The lowest BCUT2D eigenvalue weighted by Gasteiger charge is -2.15. The van der Waals surface area contributed by atoms with Crippen molar-refractivity contribution in [1.82, 2.24) is 9.97 Å². The molecule has 0 unspecified atom stereocenters. The van der Waals surface area contributed by atoms with E-state index in [0.717, 1.165) is 10.5 Å². The summed E-state index contributed by atoms with van der Waals surface area (Å²) in [6.45, 7) is 0. The average Bonchev–Trinajstić information content (AvgIpc) is 3.03. The van der Waals surface area contributed by atoms with Crippen LogP contribution >= 0.6 is 11.6 Å². The highest BCUT2D eigenvalue weighted by molar-refractivity contribution is 6.32. The van der Waals surface area contributed by atoms with Crippen LogP contribution < -0.4 is 10.2 Å². The van der Waals surface area contributed by atoms with Gasteiger partial charge in [0.05, 0.1) is 10.7 Å². The fourth-order valence-corrected chi connectivity index (χ4v) is 3.07. The molecule has 1 fully saturated rings. The van der Waals surface area contributed by atoms with Crippen LogP contribution in [0.1, 0.15) is 12.8 Å². The summed E-state index contributed by atoms with van der Waals surface area (Å²) in [5, 5.41) is 12.8. The Balaban J connectivity index is 1.78. The van der Waals surface area contributed by atoms with E-state index < -0.39 is 0 Å². The van der Waals surface area contributed by atoms with Gasteiger partial charge in [0.15, 0.2) is 0 Å². The summed E-state index contributed by atoms with van der Waals surface area (Å²) in [5.41, 5.74) is 1.97. The number of amides is 2. The summed E-state index contributed by atoms with van der Waals surface area (Å²) in [6.07, 6.45) is 0.294. The Morgan fingerprint density at radius 1 is 0.964 bits per heavy atom. The third-order valence-electron chi connectivity index (χ3n) is 4.26. The van der Waals surface area contributed by atoms with Crippen LogP contribution in [0.25, 0.3) is 11.3 Å². The number of hydrogen-bond donors (Lipinski definition) is 2. The van der Waals surface area contributed by atoms with E-state index in [0.29, 0.717) is 17.2 Å². The van der Waals surface area contributed by atoms with Crippen molar-refractivity contribution < 1.29 is 14.7 Å². The minimum atomic E-state index is -0.325. The van der Waals surface area contributed by atoms with Crippen molar-refractivity contribution in [2.24, 2.45) is 0 Å². The van der Waals surface area contributed by atoms with Crippen LogP contribution in [0.5, 0.6) is 5.75 Å². The van der Waals surface area contributed by atoms with E-state index >= 15 is 0 Å². The van der Waals surface area contributed by atoms with Gasteiger partial charge in [-0.15, -0.1) is 0 Å². The summed E-state index contributed by atoms with van der Waals surface area (Å²) < 4.78 is 0. The number of aromatic hydroxyl groups is 1. The number of nitrogens with zero attached hydrogens (tertiary/aromatic N) is 3. The average molecular weight is 395 g/mol. The number of phenols is 1. The number of aromatic nitrogens is 2. The minimum absolute atomic E-state index is 0.0289. The number of carbonyl (C=O) groups is 2. The van der Waals surface area contributed by atoms with Gasteiger partial charge < -0.3 is 10.4 Å². The summed E-state index contributed by atoms with van der Waals surface area (Å²) in [7, 11) is 0. The van der Waals surface area contributed by atoms with Crippen molar-refractivity contribution >= 4 is 40.9 Å². The first-order valence-electron chi connectivity index (χ1n) is 8.57. The Labute approximate surface area is 165 Å². The molecule has 2 N–H and O–H groups in total. The van der Waals surface area contributed by atoms with E-state index in [1.807, 2.05) is 30.3 Å². The van der Waals surface area contributed by atoms with Crippen LogP contribution in [-0.4, -0.2) is 26.9 Å². The van der Waals surface area contributed by atoms with Crippen LogP contribution in [0.15, 0.2) is 54.6 Å². The molecule has 0 bridgehead atoms. The first-order valence-corrected chi connectivity index (χ1v) is 8.95. The zero-order valence-electron chi connectivity index (χ0n) is 14.6. The maximum absolute atomic E-state index is 12.1. The molecular weight excluding hydrogens is 380 g/mol. The summed E-state index contributed by atoms with van der Waals surface area (Å²) in [5.74, 6) is -0.268. The van der Waals surface area contributed by atoms with Crippen molar-refractivity contribution in [1.29, 1.82) is 0 Å². The Hall–Kier alpha value is -3.45. The van der Waals surface area contributed by atoms with Crippen molar-refractivity contribution in [2.45, 2.75) is 12.8 Å². The number of hydrogen-bond acceptors (Lipinski definition) is 6. The predicted octanol–water partition coefficient (Wildman–Crippen LogP) is 3.90. The number of anilines is 3. The quantitative estimate of drug-likeness (QED) is 0.514. The largest absolute Gasteiger partial charge is 0.506 e. The van der Waals surface area contributed by atoms with Gasteiger partial charge in [-0.1, -0.05) is 41.9 Å². The Bertz CT molecular complexity index is 1060. The second-order valence-corrected chi connectivity index (χ2v) is 6.63. The molecule has 3 aromatic rings. The zero-order chi connectivity index (χ0) is 19.7. The molecule has 8 heteroatoms. The molecule has 2 aromatic carbocycles. The van der Waals surface area contributed by atoms with Gasteiger partial charge in [-0.2, -0.15) is 4.98 Å². The molecule has 0 saturated carbocycles. The third kappa shape index (κ3) is 3.52. The highest BCUT2D eigenvalue weighted by Crippen LogP contribution is 2.30. The second-order valence-electron chi connectivity index (χ2n) is 6.22. The van der Waals surface area contributed by atoms with Crippen molar-refractivity contribution in [3.63, 3.8) is 0 Å². The van der Waals surface area contributed by atoms with Gasteiger partial charge >= 0.3 is 0 Å². The van der Waals surface area contributed by atoms with E-state index in [2.05, 4.69) is 15.3 Å². The molecular formula is C20H15ClN4O3. The first-order chi connectivity index (χ1) is 13.5. The molecule has 0 spiro atoms. The van der Waals surface area contributed by atoms with Crippen LogP contribution in [0.3, 0.4) is 0 Å². The van der Waals surface area contributed by atoms with Gasteiger partial charge in [0.25, 0.3) is 0 Å². The van der Waals surface area contributed by atoms with Gasteiger partial charge in [0.1, 0.15) is 11.6 Å². The smallest absolute Gasteiger partial charge is 0.241 e. The molecule has 1 aliphatic heterocycles. The summed E-state index contributed by atoms with van der Waals surface area (Å²) in [4.78, 5) is 34.1. The molecule has 1 aromatic heterocycles. The number of carbonyl (C=O) groups excluding carboxylic acids is 2. The standard InChI is InChI=1S/C20H15ClN4O3/c21-14-10-13(6-7-16(14)26)22-17-11-15(12-4-2-1-3-5-12)23-20(24-17)25-18(27)8-9-19(25)28/h1-7,10-11,26H,8-9H2,(H,22,23,24). The lowest BCUT2D eigenvalue weighted by molar-refractivity contribution is -0.121. The molecule has 4 rings (SSSR count). The van der Waals surface area contributed by atoms with Crippen LogP contribution in [0, 0.1) is 0 Å². The lowest BCUT2D eigenvalue weighted by atomic mass is 10.1. The maximum atomic E-state index is 12.1. The fourth-order valence-electron chi connectivity index (χ4n) is 2.89. The molecule has 7 nitrogen and oxygen atoms in total. The van der Waals surface area contributed by atoms with Crippen molar-refractivity contribution in [2.75, 3.05) is 10.2 Å². The molecule has 0 radical (unpaired) electrons. The molecule has 140 valence electrons. The molecule has 2 amide bonds. The molecule has 1 aliphatic rings. The monoisotopic (exact) mass is 394 g/mol. The van der Waals surface area contributed by atoms with Crippen LogP contribution in [0.2, 0.25) is 5.02 Å². The van der Waals surface area contributed by atoms with E-state index in [-0.39, 0.29) is 41.4 Å². The van der Waals surface area contributed by atoms with Gasteiger partial charge in [0, 0.05) is 30.2 Å². The Morgan fingerprint density at radius 3 is 2.36 bits per heavy atom. The number of imide groups is 1. The number of benzene rings is 2. The third-order valence-corrected chi connectivity index (χ3v) is 4.56. The molecule has 0 aliphatic carbocycles. The minimum Gasteiger partial charge on any atom is -0.506 e. The van der Waals surface area contributed by atoms with Gasteiger partial charge in [-0.25, -0.2) is 9.88 Å². The highest BCUT2D eigenvalue weighted by atomic mass is 35.5. The van der Waals surface area contributed by atoms with Gasteiger partial charge in [0.2, 0.25) is 17.8 Å². The second kappa shape index (κ2) is 7.28. The van der Waals surface area contributed by atoms with Gasteiger partial charge in [-0.05, 0) is 18.2 Å². The molecule has 0 atom stereocenters. The first kappa shape index (κ1) is 17.9. The molecule has 2 heterocycles. The highest BCUT2D eigenvalue weighted by Gasteiger charge is 2.33. The maximum Gasteiger partial charge on any atom is 0.241 e. The van der Waals surface area contributed by atoms with E-state index in [1.54, 1.807) is 18.2 Å².